The van der Waals surface area contributed by atoms with Crippen LogP contribution in [0, 0.1) is 0 Å². The molecule has 0 aromatic rings. The minimum Gasteiger partial charge on any atom is -0.862 e. The fraction of sp³-hybridized carbons (Fsp3) is 0.950. The van der Waals surface area contributed by atoms with Crippen molar-refractivity contribution < 1.29 is 69.5 Å². The average Bonchev–Trinajstić information content (AvgIpc) is 2.57. The molecule has 156 valence electrons. The minimum absolute atomic E-state index is 0. The van der Waals surface area contributed by atoms with Gasteiger partial charge in [0.15, 0.2) is 0 Å². The standard InChI is InChI=1S/C20H41NO4S.K/c1-2-3-4-5-6-7-8-9-10-11-12-13-14-17-20(22)21-18-15-16-19-26(23,24)25;/h2-19H2,1H3,(H,21,22)(H,23,24,25);/q;+1/p-1. The van der Waals surface area contributed by atoms with E-state index in [1.165, 1.54) is 70.6 Å². The molecule has 0 aliphatic carbocycles. The second-order valence-electron chi connectivity index (χ2n) is 7.26. The maximum atomic E-state index is 11.6. The van der Waals surface area contributed by atoms with Gasteiger partial charge in [0.05, 0.1) is 5.75 Å². The van der Waals surface area contributed by atoms with E-state index < -0.39 is 10.1 Å². The van der Waals surface area contributed by atoms with Crippen LogP contribution in [0.2, 0.25) is 0 Å². The van der Waals surface area contributed by atoms with Crippen molar-refractivity contribution in [2.75, 3.05) is 12.3 Å². The molecule has 0 unspecified atom stereocenters. The van der Waals surface area contributed by atoms with Crippen LogP contribution in [0.5, 0.6) is 0 Å². The number of hydrogen-bond donors (Lipinski definition) is 1. The zero-order chi connectivity index (χ0) is 19.5. The molecule has 0 aliphatic heterocycles. The van der Waals surface area contributed by atoms with E-state index in [9.17, 15) is 13.5 Å². The van der Waals surface area contributed by atoms with Gasteiger partial charge >= 0.3 is 51.4 Å². The molecule has 5 nitrogen and oxygen atoms in total. The normalized spacial score (nSPS) is 12.1. The van der Waals surface area contributed by atoms with Gasteiger partial charge in [-0.1, -0.05) is 84.0 Å². The molecule has 1 N–H and O–H groups in total. The zero-order valence-corrected chi connectivity index (χ0v) is 21.7. The number of unbranched alkanes of at least 4 members (excludes halogenated alkanes) is 13. The first-order valence-electron chi connectivity index (χ1n) is 10.6. The van der Waals surface area contributed by atoms with E-state index in [0.717, 1.165) is 12.8 Å². The van der Waals surface area contributed by atoms with Crippen LogP contribution < -0.4 is 56.5 Å². The second-order valence-corrected chi connectivity index (χ2v) is 8.83. The van der Waals surface area contributed by atoms with Gasteiger partial charge in [-0.15, -0.1) is 0 Å². The summed E-state index contributed by atoms with van der Waals surface area (Å²) in [6.45, 7) is 2.61. The molecule has 0 rings (SSSR count). The maximum Gasteiger partial charge on any atom is 1.00 e. The third-order valence-corrected chi connectivity index (χ3v) is 5.40. The second kappa shape index (κ2) is 21.7. The fourth-order valence-electron chi connectivity index (χ4n) is 2.97. The first-order chi connectivity index (χ1) is 12.5. The van der Waals surface area contributed by atoms with E-state index >= 15 is 0 Å². The van der Waals surface area contributed by atoms with E-state index in [1.54, 1.807) is 0 Å². The summed E-state index contributed by atoms with van der Waals surface area (Å²) in [5.41, 5.74) is 0. The summed E-state index contributed by atoms with van der Waals surface area (Å²) >= 11 is 0. The molecule has 0 spiro atoms. The molecule has 0 aromatic heterocycles. The van der Waals surface area contributed by atoms with Crippen molar-refractivity contribution in [2.24, 2.45) is 4.99 Å². The van der Waals surface area contributed by atoms with Crippen molar-refractivity contribution in [1.29, 1.82) is 0 Å². The van der Waals surface area contributed by atoms with Crippen molar-refractivity contribution in [3.8, 4) is 0 Å². The molecular weight excluding hydrogens is 389 g/mol. The zero-order valence-electron chi connectivity index (χ0n) is 17.8. The van der Waals surface area contributed by atoms with Crippen LogP contribution in [-0.2, 0) is 10.1 Å². The monoisotopic (exact) mass is 429 g/mol. The molecule has 0 fully saturated rings. The number of rotatable bonds is 19. The molecule has 0 saturated carbocycles. The predicted octanol–water partition coefficient (Wildman–Crippen LogP) is 1.90. The summed E-state index contributed by atoms with van der Waals surface area (Å²) in [5, 5.41) is 11.6. The van der Waals surface area contributed by atoms with Gasteiger partial charge in [0.2, 0.25) is 0 Å². The van der Waals surface area contributed by atoms with Gasteiger partial charge < -0.3 is 10.1 Å². The third-order valence-electron chi connectivity index (χ3n) is 4.59. The molecule has 0 aromatic carbocycles. The van der Waals surface area contributed by atoms with Crippen LogP contribution in [0.3, 0.4) is 0 Å². The van der Waals surface area contributed by atoms with Crippen LogP contribution in [-0.4, -0.2) is 31.2 Å². The summed E-state index contributed by atoms with van der Waals surface area (Å²) in [4.78, 5) is 3.92. The van der Waals surface area contributed by atoms with Gasteiger partial charge in [-0.2, -0.15) is 8.42 Å². The van der Waals surface area contributed by atoms with Crippen molar-refractivity contribution in [1.82, 2.24) is 0 Å². The Kier molecular flexibility index (Phi) is 24.3. The predicted molar refractivity (Wildman–Crippen MR) is 108 cm³/mol. The Morgan fingerprint density at radius 2 is 1.22 bits per heavy atom. The van der Waals surface area contributed by atoms with E-state index in [0.29, 0.717) is 25.8 Å². The van der Waals surface area contributed by atoms with Crippen LogP contribution in [0.1, 0.15) is 110 Å². The van der Waals surface area contributed by atoms with Crippen LogP contribution >= 0.6 is 0 Å². The smallest absolute Gasteiger partial charge is 0.862 e. The molecule has 0 aliphatic rings. The Labute approximate surface area is 210 Å². The third kappa shape index (κ3) is 27.0. The van der Waals surface area contributed by atoms with Gasteiger partial charge in [0, 0.05) is 6.54 Å². The van der Waals surface area contributed by atoms with E-state index in [1.807, 2.05) is 0 Å². The first kappa shape index (κ1) is 30.2. The van der Waals surface area contributed by atoms with Gasteiger partial charge in [-0.25, -0.2) is 0 Å². The Balaban J connectivity index is 0. The SMILES string of the molecule is CCCCCCCCCCCCCCCC([O-])=NCCCCS(=O)(=O)O.[K+]. The Bertz CT molecular complexity index is 441. The summed E-state index contributed by atoms with van der Waals surface area (Å²) in [7, 11) is -3.89. The Hall–Kier alpha value is 1.02. The van der Waals surface area contributed by atoms with Gasteiger partial charge in [-0.3, -0.25) is 4.55 Å². The number of nitrogens with zero attached hydrogens (tertiary/aromatic N) is 1. The largest absolute Gasteiger partial charge is 1.00 e. The molecule has 0 atom stereocenters. The van der Waals surface area contributed by atoms with Crippen LogP contribution in [0.15, 0.2) is 4.99 Å². The molecule has 0 radical (unpaired) electrons. The minimum atomic E-state index is -3.89. The quantitative estimate of drug-likeness (QED) is 0.112. The van der Waals surface area contributed by atoms with Crippen molar-refractivity contribution in [3.63, 3.8) is 0 Å². The Morgan fingerprint density at radius 3 is 1.67 bits per heavy atom. The van der Waals surface area contributed by atoms with Crippen LogP contribution in [0.25, 0.3) is 0 Å². The summed E-state index contributed by atoms with van der Waals surface area (Å²) in [6.07, 6.45) is 18.1. The molecule has 0 bridgehead atoms. The van der Waals surface area contributed by atoms with Crippen molar-refractivity contribution in [2.45, 2.75) is 110 Å². The molecule has 0 saturated heterocycles. The molecule has 7 heteroatoms. The van der Waals surface area contributed by atoms with E-state index in [4.69, 9.17) is 4.55 Å². The molecule has 27 heavy (non-hydrogen) atoms. The van der Waals surface area contributed by atoms with Gasteiger partial charge in [0.1, 0.15) is 0 Å². The topological polar surface area (TPSA) is 89.8 Å². The number of hydrogen-bond acceptors (Lipinski definition) is 4. The fourth-order valence-corrected chi connectivity index (χ4v) is 3.54. The summed E-state index contributed by atoms with van der Waals surface area (Å²) in [5.74, 6) is -0.338. The average molecular weight is 430 g/mol. The van der Waals surface area contributed by atoms with E-state index in [-0.39, 0.29) is 63.0 Å². The molecule has 0 heterocycles. The first-order valence-corrected chi connectivity index (χ1v) is 12.2. The van der Waals surface area contributed by atoms with E-state index in [2.05, 4.69) is 11.9 Å². The van der Waals surface area contributed by atoms with Gasteiger partial charge in [-0.05, 0) is 31.6 Å². The van der Waals surface area contributed by atoms with Crippen molar-refractivity contribution >= 4 is 16.0 Å². The summed E-state index contributed by atoms with van der Waals surface area (Å²) in [6, 6.07) is 0. The number of aliphatic imine (C=N–C) groups is 1. The Morgan fingerprint density at radius 1 is 0.778 bits per heavy atom. The van der Waals surface area contributed by atoms with Gasteiger partial charge in [0.25, 0.3) is 10.1 Å². The van der Waals surface area contributed by atoms with Crippen LogP contribution in [0.4, 0.5) is 0 Å². The summed E-state index contributed by atoms with van der Waals surface area (Å²) < 4.78 is 29.7. The maximum absolute atomic E-state index is 11.6. The molecular formula is C20H40KNO4S. The van der Waals surface area contributed by atoms with Crippen molar-refractivity contribution in [3.05, 3.63) is 0 Å². The molecule has 0 amide bonds.